The second-order valence-corrected chi connectivity index (χ2v) is 2.54. The maximum atomic E-state index is 3.44. The van der Waals surface area contributed by atoms with Gasteiger partial charge >= 0.3 is 0 Å². The number of rotatable bonds is 2. The van der Waals surface area contributed by atoms with Crippen LogP contribution in [0.15, 0.2) is 0 Å². The Kier molecular flexibility index (Phi) is 7.79. The molecule has 1 atom stereocenters. The minimum absolute atomic E-state index is 0.861. The van der Waals surface area contributed by atoms with E-state index in [0.717, 1.165) is 12.6 Å². The van der Waals surface area contributed by atoms with Gasteiger partial charge in [0.2, 0.25) is 0 Å². The summed E-state index contributed by atoms with van der Waals surface area (Å²) < 4.78 is 0. The molecule has 1 rings (SSSR count). The maximum Gasteiger partial charge on any atom is 0.00669 e. The van der Waals surface area contributed by atoms with Gasteiger partial charge in [0.25, 0.3) is 0 Å². The SMILES string of the molecule is CCNC1CCCC1.CP. The van der Waals surface area contributed by atoms with Crippen molar-refractivity contribution in [2.45, 2.75) is 38.6 Å². The Hall–Kier alpha value is 0.390. The summed E-state index contributed by atoms with van der Waals surface area (Å²) >= 11 is 0. The molecule has 0 aromatic heterocycles. The summed E-state index contributed by atoms with van der Waals surface area (Å²) in [6, 6.07) is 0.861. The van der Waals surface area contributed by atoms with Crippen LogP contribution in [0.3, 0.4) is 0 Å². The summed E-state index contributed by atoms with van der Waals surface area (Å²) in [5.74, 6) is 0. The highest BCUT2D eigenvalue weighted by Crippen LogP contribution is 2.16. The van der Waals surface area contributed by atoms with Crippen molar-refractivity contribution >= 4 is 9.24 Å². The van der Waals surface area contributed by atoms with Crippen molar-refractivity contribution < 1.29 is 0 Å². The lowest BCUT2D eigenvalue weighted by Crippen LogP contribution is -2.24. The Balaban J connectivity index is 0.000000371. The van der Waals surface area contributed by atoms with Gasteiger partial charge in [0, 0.05) is 6.04 Å². The fourth-order valence-corrected chi connectivity index (χ4v) is 1.42. The first kappa shape index (κ1) is 10.4. The van der Waals surface area contributed by atoms with E-state index in [1.807, 2.05) is 6.66 Å². The van der Waals surface area contributed by atoms with Crippen LogP contribution in [0.2, 0.25) is 0 Å². The molecule has 1 aliphatic rings. The van der Waals surface area contributed by atoms with E-state index in [4.69, 9.17) is 0 Å². The molecule has 1 saturated carbocycles. The highest BCUT2D eigenvalue weighted by molar-refractivity contribution is 7.15. The van der Waals surface area contributed by atoms with Gasteiger partial charge in [-0.3, -0.25) is 0 Å². The molecule has 0 heterocycles. The van der Waals surface area contributed by atoms with Crippen LogP contribution in [0, 0.1) is 0 Å². The minimum Gasteiger partial charge on any atom is -0.314 e. The predicted octanol–water partition coefficient (Wildman–Crippen LogP) is 2.03. The third-order valence-electron chi connectivity index (χ3n) is 1.85. The molecule has 1 aliphatic carbocycles. The van der Waals surface area contributed by atoms with Gasteiger partial charge in [0.1, 0.15) is 0 Å². The second kappa shape index (κ2) is 7.50. The maximum absolute atomic E-state index is 3.44. The van der Waals surface area contributed by atoms with Gasteiger partial charge in [-0.15, -0.1) is 9.24 Å². The molecule has 0 bridgehead atoms. The molecule has 0 spiro atoms. The lowest BCUT2D eigenvalue weighted by atomic mass is 10.2. The molecule has 2 heteroatoms. The normalized spacial score (nSPS) is 18.3. The van der Waals surface area contributed by atoms with Gasteiger partial charge in [0.05, 0.1) is 0 Å². The molecule has 0 aromatic carbocycles. The molecule has 0 radical (unpaired) electrons. The Morgan fingerprint density at radius 1 is 1.30 bits per heavy atom. The fourth-order valence-electron chi connectivity index (χ4n) is 1.42. The molecule has 62 valence electrons. The van der Waals surface area contributed by atoms with Crippen molar-refractivity contribution in [2.75, 3.05) is 13.2 Å². The zero-order chi connectivity index (χ0) is 7.82. The Bertz CT molecular complexity index is 60.3. The summed E-state index contributed by atoms with van der Waals surface area (Å²) in [7, 11) is 2.42. The summed E-state index contributed by atoms with van der Waals surface area (Å²) in [5.41, 5.74) is 0. The number of hydrogen-bond donors (Lipinski definition) is 1. The third kappa shape index (κ3) is 4.24. The quantitative estimate of drug-likeness (QED) is 0.611. The van der Waals surface area contributed by atoms with Gasteiger partial charge < -0.3 is 5.32 Å². The van der Waals surface area contributed by atoms with E-state index in [9.17, 15) is 0 Å². The van der Waals surface area contributed by atoms with Gasteiger partial charge in [-0.1, -0.05) is 26.4 Å². The first-order valence-corrected chi connectivity index (χ1v) is 5.40. The molecular weight excluding hydrogens is 141 g/mol. The van der Waals surface area contributed by atoms with Crippen LogP contribution in [-0.4, -0.2) is 19.3 Å². The van der Waals surface area contributed by atoms with E-state index < -0.39 is 0 Å². The fraction of sp³-hybridized carbons (Fsp3) is 1.00. The number of hydrogen-bond acceptors (Lipinski definition) is 1. The summed E-state index contributed by atoms with van der Waals surface area (Å²) in [6.07, 6.45) is 5.71. The predicted molar refractivity (Wildman–Crippen MR) is 51.6 cm³/mol. The largest absolute Gasteiger partial charge is 0.314 e. The molecule has 1 fully saturated rings. The van der Waals surface area contributed by atoms with Crippen molar-refractivity contribution in [1.82, 2.24) is 5.32 Å². The van der Waals surface area contributed by atoms with E-state index in [2.05, 4.69) is 21.5 Å². The van der Waals surface area contributed by atoms with Crippen LogP contribution < -0.4 is 5.32 Å². The monoisotopic (exact) mass is 161 g/mol. The van der Waals surface area contributed by atoms with Crippen molar-refractivity contribution in [3.8, 4) is 0 Å². The van der Waals surface area contributed by atoms with E-state index in [-0.39, 0.29) is 0 Å². The van der Waals surface area contributed by atoms with E-state index in [1.165, 1.54) is 25.7 Å². The molecule has 0 saturated heterocycles. The van der Waals surface area contributed by atoms with Crippen LogP contribution >= 0.6 is 9.24 Å². The molecule has 1 N–H and O–H groups in total. The Morgan fingerprint density at radius 2 is 1.80 bits per heavy atom. The first-order valence-electron chi connectivity index (χ1n) is 4.24. The lowest BCUT2D eigenvalue weighted by molar-refractivity contribution is 0.542. The first-order chi connectivity index (χ1) is 4.93. The number of nitrogens with one attached hydrogen (secondary N) is 1. The van der Waals surface area contributed by atoms with E-state index in [0.29, 0.717) is 0 Å². The summed E-state index contributed by atoms with van der Waals surface area (Å²) in [5, 5.41) is 3.44. The smallest absolute Gasteiger partial charge is 0.00669 e. The third-order valence-corrected chi connectivity index (χ3v) is 1.85. The molecule has 0 aliphatic heterocycles. The molecular formula is C8H20NP. The Labute approximate surface area is 67.2 Å². The van der Waals surface area contributed by atoms with Crippen molar-refractivity contribution in [3.05, 3.63) is 0 Å². The molecule has 1 nitrogen and oxygen atoms in total. The lowest BCUT2D eigenvalue weighted by Gasteiger charge is -2.07. The summed E-state index contributed by atoms with van der Waals surface area (Å²) in [4.78, 5) is 0. The standard InChI is InChI=1S/C7H15N.CH5P/c1-2-8-7-5-3-4-6-7;1-2/h7-8H,2-6H2,1H3;2H2,1H3. The zero-order valence-electron chi connectivity index (χ0n) is 7.19. The summed E-state index contributed by atoms with van der Waals surface area (Å²) in [6.45, 7) is 5.24. The Morgan fingerprint density at radius 3 is 2.20 bits per heavy atom. The minimum atomic E-state index is 0.861. The van der Waals surface area contributed by atoms with Gasteiger partial charge in [-0.25, -0.2) is 0 Å². The highest BCUT2D eigenvalue weighted by atomic mass is 31.0. The average Bonchev–Trinajstić information content (AvgIpc) is 2.46. The topological polar surface area (TPSA) is 12.0 Å². The van der Waals surface area contributed by atoms with Crippen molar-refractivity contribution in [1.29, 1.82) is 0 Å². The zero-order valence-corrected chi connectivity index (χ0v) is 8.34. The van der Waals surface area contributed by atoms with Crippen molar-refractivity contribution in [3.63, 3.8) is 0 Å². The van der Waals surface area contributed by atoms with Crippen LogP contribution in [0.25, 0.3) is 0 Å². The second-order valence-electron chi connectivity index (χ2n) is 2.54. The molecule has 0 amide bonds. The van der Waals surface area contributed by atoms with Crippen LogP contribution in [-0.2, 0) is 0 Å². The van der Waals surface area contributed by atoms with E-state index >= 15 is 0 Å². The van der Waals surface area contributed by atoms with Crippen LogP contribution in [0.1, 0.15) is 32.6 Å². The van der Waals surface area contributed by atoms with E-state index in [1.54, 1.807) is 0 Å². The molecule has 0 aromatic rings. The molecule has 10 heavy (non-hydrogen) atoms. The van der Waals surface area contributed by atoms with Crippen LogP contribution in [0.4, 0.5) is 0 Å². The average molecular weight is 161 g/mol. The van der Waals surface area contributed by atoms with Crippen molar-refractivity contribution in [2.24, 2.45) is 0 Å². The van der Waals surface area contributed by atoms with Crippen LogP contribution in [0.5, 0.6) is 0 Å². The molecule has 1 unspecified atom stereocenters. The van der Waals surface area contributed by atoms with Gasteiger partial charge in [-0.2, -0.15) is 0 Å². The van der Waals surface area contributed by atoms with Gasteiger partial charge in [-0.05, 0) is 19.4 Å². The van der Waals surface area contributed by atoms with Gasteiger partial charge in [0.15, 0.2) is 0 Å². The highest BCUT2D eigenvalue weighted by Gasteiger charge is 2.11.